The van der Waals surface area contributed by atoms with Crippen LogP contribution in [0, 0.1) is 5.82 Å². The molecule has 1 aromatic rings. The van der Waals surface area contributed by atoms with Gasteiger partial charge in [-0.15, -0.1) is 0 Å². The minimum absolute atomic E-state index is 0.0261. The Morgan fingerprint density at radius 2 is 2.31 bits per heavy atom. The summed E-state index contributed by atoms with van der Waals surface area (Å²) in [5.41, 5.74) is 5.45. The van der Waals surface area contributed by atoms with Gasteiger partial charge < -0.3 is 10.5 Å². The zero-order valence-corrected chi connectivity index (χ0v) is 7.66. The van der Waals surface area contributed by atoms with Gasteiger partial charge in [-0.2, -0.15) is 0 Å². The van der Waals surface area contributed by atoms with Gasteiger partial charge in [-0.05, 0) is 18.6 Å². The van der Waals surface area contributed by atoms with Crippen LogP contribution in [-0.2, 0) is 0 Å². The molecule has 2 nitrogen and oxygen atoms in total. The van der Waals surface area contributed by atoms with Crippen LogP contribution in [0.4, 0.5) is 4.39 Å². The molecule has 13 heavy (non-hydrogen) atoms. The summed E-state index contributed by atoms with van der Waals surface area (Å²) in [5.74, 6) is 0.252. The molecule has 0 aliphatic rings. The van der Waals surface area contributed by atoms with Gasteiger partial charge >= 0.3 is 0 Å². The summed E-state index contributed by atoms with van der Waals surface area (Å²) in [5, 5.41) is 0. The van der Waals surface area contributed by atoms with Crippen LogP contribution < -0.4 is 10.5 Å². The van der Waals surface area contributed by atoms with Crippen molar-refractivity contribution in [2.45, 2.75) is 19.4 Å². The first kappa shape index (κ1) is 9.99. The van der Waals surface area contributed by atoms with E-state index in [1.807, 2.05) is 6.92 Å². The van der Waals surface area contributed by atoms with Gasteiger partial charge in [0.25, 0.3) is 0 Å². The van der Waals surface area contributed by atoms with Gasteiger partial charge in [0, 0.05) is 12.6 Å². The molecule has 0 bridgehead atoms. The Bertz CT molecular complexity index is 261. The fraction of sp³-hybridized carbons (Fsp3) is 0.400. The molecule has 1 atom stereocenters. The second-order valence-electron chi connectivity index (χ2n) is 2.84. The van der Waals surface area contributed by atoms with E-state index in [0.29, 0.717) is 12.3 Å². The molecule has 0 spiro atoms. The Morgan fingerprint density at radius 3 is 2.85 bits per heavy atom. The van der Waals surface area contributed by atoms with Crippen molar-refractivity contribution in [3.63, 3.8) is 0 Å². The predicted octanol–water partition coefficient (Wildman–Crippen LogP) is 1.94. The highest BCUT2D eigenvalue weighted by atomic mass is 19.1. The summed E-state index contributed by atoms with van der Waals surface area (Å²) in [4.78, 5) is 0. The smallest absolute Gasteiger partial charge is 0.126 e. The fourth-order valence-electron chi connectivity index (χ4n) is 1.03. The molecule has 0 saturated carbocycles. The minimum atomic E-state index is -0.288. The van der Waals surface area contributed by atoms with Gasteiger partial charge in [-0.1, -0.05) is 13.0 Å². The number of benzene rings is 1. The van der Waals surface area contributed by atoms with E-state index in [-0.39, 0.29) is 11.9 Å². The van der Waals surface area contributed by atoms with E-state index >= 15 is 0 Å². The Balaban J connectivity index is 2.62. The Hall–Kier alpha value is -1.09. The standard InChI is InChI=1S/C10H14FNO/c1-2-9(7-12)13-10-5-3-4-8(11)6-10/h3-6,9H,2,7,12H2,1H3. The molecule has 1 aromatic carbocycles. The molecule has 0 heterocycles. The Morgan fingerprint density at radius 1 is 1.54 bits per heavy atom. The average Bonchev–Trinajstić information content (AvgIpc) is 2.14. The second kappa shape index (κ2) is 4.82. The summed E-state index contributed by atoms with van der Waals surface area (Å²) in [6.07, 6.45) is 0.800. The third-order valence-electron chi connectivity index (χ3n) is 1.82. The highest BCUT2D eigenvalue weighted by molar-refractivity contribution is 5.22. The lowest BCUT2D eigenvalue weighted by molar-refractivity contribution is 0.204. The van der Waals surface area contributed by atoms with E-state index in [1.165, 1.54) is 12.1 Å². The molecular formula is C10H14FNO. The molecule has 1 unspecified atom stereocenters. The molecule has 0 amide bonds. The van der Waals surface area contributed by atoms with Crippen molar-refractivity contribution in [2.75, 3.05) is 6.54 Å². The van der Waals surface area contributed by atoms with Crippen molar-refractivity contribution in [1.82, 2.24) is 0 Å². The quantitative estimate of drug-likeness (QED) is 0.774. The van der Waals surface area contributed by atoms with Gasteiger partial charge in [0.2, 0.25) is 0 Å². The summed E-state index contributed by atoms with van der Waals surface area (Å²) < 4.78 is 18.1. The van der Waals surface area contributed by atoms with Crippen molar-refractivity contribution >= 4 is 0 Å². The van der Waals surface area contributed by atoms with Gasteiger partial charge in [0.05, 0.1) is 0 Å². The van der Waals surface area contributed by atoms with Crippen LogP contribution in [0.5, 0.6) is 5.75 Å². The van der Waals surface area contributed by atoms with Crippen molar-refractivity contribution in [3.05, 3.63) is 30.1 Å². The van der Waals surface area contributed by atoms with E-state index < -0.39 is 0 Å². The Kier molecular flexibility index (Phi) is 3.71. The van der Waals surface area contributed by atoms with Crippen molar-refractivity contribution in [2.24, 2.45) is 5.73 Å². The number of hydrogen-bond donors (Lipinski definition) is 1. The molecule has 0 fully saturated rings. The lowest BCUT2D eigenvalue weighted by atomic mass is 10.2. The number of rotatable bonds is 4. The van der Waals surface area contributed by atoms with Crippen LogP contribution in [0.15, 0.2) is 24.3 Å². The molecular weight excluding hydrogens is 169 g/mol. The third-order valence-corrected chi connectivity index (χ3v) is 1.82. The molecule has 0 radical (unpaired) electrons. The van der Waals surface area contributed by atoms with Crippen molar-refractivity contribution in [3.8, 4) is 5.75 Å². The maximum absolute atomic E-state index is 12.7. The van der Waals surface area contributed by atoms with Gasteiger partial charge in [-0.3, -0.25) is 0 Å². The lowest BCUT2D eigenvalue weighted by Crippen LogP contribution is -2.25. The van der Waals surface area contributed by atoms with E-state index in [4.69, 9.17) is 10.5 Å². The zero-order valence-electron chi connectivity index (χ0n) is 7.66. The van der Waals surface area contributed by atoms with Gasteiger partial charge in [0.15, 0.2) is 0 Å². The van der Waals surface area contributed by atoms with E-state index in [1.54, 1.807) is 12.1 Å². The molecule has 0 aliphatic carbocycles. The van der Waals surface area contributed by atoms with Crippen molar-refractivity contribution < 1.29 is 9.13 Å². The van der Waals surface area contributed by atoms with E-state index in [9.17, 15) is 4.39 Å². The second-order valence-corrected chi connectivity index (χ2v) is 2.84. The van der Waals surface area contributed by atoms with E-state index in [0.717, 1.165) is 6.42 Å². The van der Waals surface area contributed by atoms with Gasteiger partial charge in [-0.25, -0.2) is 4.39 Å². The fourth-order valence-corrected chi connectivity index (χ4v) is 1.03. The van der Waals surface area contributed by atoms with Gasteiger partial charge in [0.1, 0.15) is 17.7 Å². The highest BCUT2D eigenvalue weighted by Crippen LogP contribution is 2.14. The maximum Gasteiger partial charge on any atom is 0.126 e. The van der Waals surface area contributed by atoms with Crippen LogP contribution in [0.25, 0.3) is 0 Å². The number of halogens is 1. The molecule has 72 valence electrons. The first-order valence-electron chi connectivity index (χ1n) is 4.38. The summed E-state index contributed by atoms with van der Waals surface area (Å²) in [6.45, 7) is 2.43. The summed E-state index contributed by atoms with van der Waals surface area (Å²) in [7, 11) is 0. The topological polar surface area (TPSA) is 35.2 Å². The number of nitrogens with two attached hydrogens (primary N) is 1. The van der Waals surface area contributed by atoms with Crippen LogP contribution >= 0.6 is 0 Å². The SMILES string of the molecule is CCC(CN)Oc1cccc(F)c1. The number of ether oxygens (including phenoxy) is 1. The molecule has 1 rings (SSSR count). The summed E-state index contributed by atoms with van der Waals surface area (Å²) in [6, 6.07) is 6.09. The summed E-state index contributed by atoms with van der Waals surface area (Å²) >= 11 is 0. The number of hydrogen-bond acceptors (Lipinski definition) is 2. The first-order chi connectivity index (χ1) is 6.26. The third kappa shape index (κ3) is 3.03. The molecule has 0 aromatic heterocycles. The van der Waals surface area contributed by atoms with Crippen LogP contribution in [0.2, 0.25) is 0 Å². The Labute approximate surface area is 77.5 Å². The molecule has 0 aliphatic heterocycles. The first-order valence-corrected chi connectivity index (χ1v) is 4.38. The molecule has 0 saturated heterocycles. The molecule has 2 N–H and O–H groups in total. The monoisotopic (exact) mass is 183 g/mol. The largest absolute Gasteiger partial charge is 0.489 e. The van der Waals surface area contributed by atoms with Crippen molar-refractivity contribution in [1.29, 1.82) is 0 Å². The normalized spacial score (nSPS) is 12.5. The predicted molar refractivity (Wildman–Crippen MR) is 50.2 cm³/mol. The van der Waals surface area contributed by atoms with E-state index in [2.05, 4.69) is 0 Å². The van der Waals surface area contributed by atoms with Crippen LogP contribution in [-0.4, -0.2) is 12.6 Å². The van der Waals surface area contributed by atoms with Crippen LogP contribution in [0.1, 0.15) is 13.3 Å². The lowest BCUT2D eigenvalue weighted by Gasteiger charge is -2.14. The minimum Gasteiger partial charge on any atom is -0.489 e. The average molecular weight is 183 g/mol. The maximum atomic E-state index is 12.7. The van der Waals surface area contributed by atoms with Crippen LogP contribution in [0.3, 0.4) is 0 Å². The zero-order chi connectivity index (χ0) is 9.68. The highest BCUT2D eigenvalue weighted by Gasteiger charge is 2.05. The molecule has 3 heteroatoms.